The van der Waals surface area contributed by atoms with Gasteiger partial charge in [0.05, 0.1) is 14.2 Å². The Labute approximate surface area is 167 Å². The van der Waals surface area contributed by atoms with E-state index in [2.05, 4.69) is 9.47 Å². The van der Waals surface area contributed by atoms with Crippen molar-refractivity contribution >= 4 is 45.2 Å². The summed E-state index contributed by atoms with van der Waals surface area (Å²) in [5, 5.41) is 0.459. The molecule has 0 unspecified atom stereocenters. The largest absolute Gasteiger partial charge is 0.465 e. The van der Waals surface area contributed by atoms with Crippen molar-refractivity contribution in [1.82, 2.24) is 0 Å². The second kappa shape index (κ2) is 7.92. The number of carbonyl (C=O) groups is 3. The van der Waals surface area contributed by atoms with Crippen LogP contribution >= 0.6 is 11.3 Å². The lowest BCUT2D eigenvalue weighted by atomic mass is 10.1. The quantitative estimate of drug-likeness (QED) is 0.492. The van der Waals surface area contributed by atoms with Crippen molar-refractivity contribution in [2.24, 2.45) is 0 Å². The minimum atomic E-state index is -0.851. The van der Waals surface area contributed by atoms with Gasteiger partial charge in [-0.2, -0.15) is 0 Å². The number of methoxy groups -OCH3 is 2. The van der Waals surface area contributed by atoms with Gasteiger partial charge in [-0.3, -0.25) is 0 Å². The first kappa shape index (κ1) is 20.3. The Kier molecular flexibility index (Phi) is 5.55. The number of rotatable bonds is 5. The molecule has 2 heterocycles. The van der Waals surface area contributed by atoms with Crippen molar-refractivity contribution in [2.75, 3.05) is 20.0 Å². The summed E-state index contributed by atoms with van der Waals surface area (Å²) in [6.07, 6.45) is 0. The highest BCUT2D eigenvalue weighted by molar-refractivity contribution is 7.18. The van der Waals surface area contributed by atoms with Crippen LogP contribution in [0.2, 0.25) is 0 Å². The molecule has 0 atom stereocenters. The Bertz CT molecular complexity index is 1130. The van der Waals surface area contributed by atoms with E-state index in [-0.39, 0.29) is 26.8 Å². The zero-order chi connectivity index (χ0) is 21.3. The van der Waals surface area contributed by atoms with Crippen LogP contribution < -0.4 is 5.73 Å². The molecule has 0 aliphatic carbocycles. The predicted octanol–water partition coefficient (Wildman–Crippen LogP) is 3.45. The molecule has 3 rings (SSSR count). The summed E-state index contributed by atoms with van der Waals surface area (Å²) in [4.78, 5) is 36.6. The number of fused-ring (bicyclic) bond motifs is 1. The second-order valence-electron chi connectivity index (χ2n) is 5.90. The van der Waals surface area contributed by atoms with Gasteiger partial charge in [-0.15, -0.1) is 11.3 Å². The van der Waals surface area contributed by atoms with Crippen LogP contribution in [0.4, 0.5) is 9.39 Å². The molecule has 0 saturated heterocycles. The normalized spacial score (nSPS) is 10.8. The van der Waals surface area contributed by atoms with Gasteiger partial charge < -0.3 is 24.4 Å². The van der Waals surface area contributed by atoms with Crippen LogP contribution in [0.25, 0.3) is 11.0 Å². The maximum Gasteiger partial charge on any atom is 0.374 e. The number of nitrogen functional groups attached to an aromatic ring is 1. The highest BCUT2D eigenvalue weighted by Gasteiger charge is 2.29. The molecule has 0 aliphatic rings. The molecule has 0 aliphatic heterocycles. The maximum atomic E-state index is 13.4. The maximum absolute atomic E-state index is 13.4. The van der Waals surface area contributed by atoms with Gasteiger partial charge in [-0.05, 0) is 25.1 Å². The van der Waals surface area contributed by atoms with Crippen molar-refractivity contribution in [3.8, 4) is 0 Å². The predicted molar refractivity (Wildman–Crippen MR) is 101 cm³/mol. The number of benzene rings is 1. The summed E-state index contributed by atoms with van der Waals surface area (Å²) >= 11 is 0.819. The summed E-state index contributed by atoms with van der Waals surface area (Å²) in [6.45, 7) is 1.14. The van der Waals surface area contributed by atoms with Crippen LogP contribution in [-0.2, 0) is 20.8 Å². The van der Waals surface area contributed by atoms with E-state index in [0.29, 0.717) is 16.5 Å². The van der Waals surface area contributed by atoms with Crippen molar-refractivity contribution in [3.05, 3.63) is 51.3 Å². The number of hydrogen-bond donors (Lipinski definition) is 1. The van der Waals surface area contributed by atoms with Crippen molar-refractivity contribution in [3.63, 3.8) is 0 Å². The number of thiophene rings is 1. The van der Waals surface area contributed by atoms with E-state index in [4.69, 9.17) is 14.9 Å². The Balaban J connectivity index is 1.93. The first-order valence-electron chi connectivity index (χ1n) is 8.22. The Morgan fingerprint density at radius 1 is 1.14 bits per heavy atom. The van der Waals surface area contributed by atoms with Crippen LogP contribution in [0.5, 0.6) is 0 Å². The summed E-state index contributed by atoms with van der Waals surface area (Å²) < 4.78 is 33.5. The minimum Gasteiger partial charge on any atom is -0.465 e. The molecule has 0 bridgehead atoms. The summed E-state index contributed by atoms with van der Waals surface area (Å²) in [5.74, 6) is -2.96. The SMILES string of the molecule is COC(=O)c1sc(N)c(C(=O)OC)c1COC(=O)c1oc2ccc(F)cc2c1C. The lowest BCUT2D eigenvalue weighted by Gasteiger charge is -2.07. The first-order valence-corrected chi connectivity index (χ1v) is 9.03. The third kappa shape index (κ3) is 3.66. The molecule has 0 saturated carbocycles. The van der Waals surface area contributed by atoms with Gasteiger partial charge in [-0.1, -0.05) is 0 Å². The molecule has 2 N–H and O–H groups in total. The zero-order valence-electron chi connectivity index (χ0n) is 15.7. The third-order valence-electron chi connectivity index (χ3n) is 4.23. The fraction of sp³-hybridized carbons (Fsp3) is 0.211. The average molecular weight is 421 g/mol. The second-order valence-corrected chi connectivity index (χ2v) is 6.96. The highest BCUT2D eigenvalue weighted by atomic mass is 32.1. The van der Waals surface area contributed by atoms with Gasteiger partial charge in [-0.25, -0.2) is 18.8 Å². The Hall–Kier alpha value is -3.40. The number of nitrogens with two attached hydrogens (primary N) is 1. The van der Waals surface area contributed by atoms with Gasteiger partial charge in [0.2, 0.25) is 5.76 Å². The monoisotopic (exact) mass is 421 g/mol. The van der Waals surface area contributed by atoms with Crippen LogP contribution in [-0.4, -0.2) is 32.1 Å². The van der Waals surface area contributed by atoms with Crippen molar-refractivity contribution < 1.29 is 37.4 Å². The summed E-state index contributed by atoms with van der Waals surface area (Å²) in [7, 11) is 2.33. The minimum absolute atomic E-state index is 0.0154. The number of hydrogen-bond acceptors (Lipinski definition) is 9. The number of ether oxygens (including phenoxy) is 3. The summed E-state index contributed by atoms with van der Waals surface area (Å²) in [5.41, 5.74) is 6.55. The van der Waals surface area contributed by atoms with Gasteiger partial charge in [0.15, 0.2) is 0 Å². The fourth-order valence-corrected chi connectivity index (χ4v) is 3.78. The molecule has 0 spiro atoms. The summed E-state index contributed by atoms with van der Waals surface area (Å²) in [6, 6.07) is 3.85. The van der Waals surface area contributed by atoms with Gasteiger partial charge in [0.25, 0.3) is 0 Å². The van der Waals surface area contributed by atoms with Gasteiger partial charge >= 0.3 is 17.9 Å². The third-order valence-corrected chi connectivity index (χ3v) is 5.27. The molecule has 29 heavy (non-hydrogen) atoms. The van der Waals surface area contributed by atoms with Gasteiger partial charge in [0.1, 0.15) is 33.4 Å². The Morgan fingerprint density at radius 3 is 2.48 bits per heavy atom. The van der Waals surface area contributed by atoms with Crippen LogP contribution in [0.15, 0.2) is 22.6 Å². The van der Waals surface area contributed by atoms with Gasteiger partial charge in [0, 0.05) is 16.5 Å². The van der Waals surface area contributed by atoms with E-state index in [0.717, 1.165) is 18.4 Å². The number of esters is 3. The van der Waals surface area contributed by atoms with E-state index in [1.54, 1.807) is 6.92 Å². The number of halogens is 1. The molecular formula is C19H16FNO7S. The van der Waals surface area contributed by atoms with E-state index in [1.807, 2.05) is 0 Å². The number of aryl methyl sites for hydroxylation is 1. The standard InChI is InChI=1S/C19H16FNO7S/c1-8-10-6-9(20)4-5-12(10)28-14(8)18(23)27-7-11-13(17(22)25-2)16(21)29-15(11)19(24)26-3/h4-6H,7,21H2,1-3H3. The Morgan fingerprint density at radius 2 is 1.83 bits per heavy atom. The molecule has 152 valence electrons. The van der Waals surface area contributed by atoms with Crippen molar-refractivity contribution in [2.45, 2.75) is 13.5 Å². The van der Waals surface area contributed by atoms with Crippen LogP contribution in [0.3, 0.4) is 0 Å². The molecule has 2 aromatic heterocycles. The first-order chi connectivity index (χ1) is 13.8. The number of furan rings is 1. The molecular weight excluding hydrogens is 405 g/mol. The number of carbonyl (C=O) groups excluding carboxylic acids is 3. The molecule has 0 fully saturated rings. The molecule has 1 aromatic carbocycles. The fourth-order valence-electron chi connectivity index (χ4n) is 2.80. The van der Waals surface area contributed by atoms with E-state index in [9.17, 15) is 18.8 Å². The van der Waals surface area contributed by atoms with Crippen molar-refractivity contribution in [1.29, 1.82) is 0 Å². The number of anilines is 1. The van der Waals surface area contributed by atoms with E-state index < -0.39 is 30.3 Å². The molecule has 0 radical (unpaired) electrons. The topological polar surface area (TPSA) is 118 Å². The average Bonchev–Trinajstić information content (AvgIpc) is 3.21. The lowest BCUT2D eigenvalue weighted by Crippen LogP contribution is -2.13. The molecule has 3 aromatic rings. The molecule has 10 heteroatoms. The molecule has 8 nitrogen and oxygen atoms in total. The molecule has 0 amide bonds. The van der Waals surface area contributed by atoms with E-state index in [1.165, 1.54) is 25.3 Å². The van der Waals surface area contributed by atoms with E-state index >= 15 is 0 Å². The van der Waals surface area contributed by atoms with Crippen LogP contribution in [0, 0.1) is 12.7 Å². The lowest BCUT2D eigenvalue weighted by molar-refractivity contribution is 0.0421. The highest BCUT2D eigenvalue weighted by Crippen LogP contribution is 2.33. The van der Waals surface area contributed by atoms with Crippen LogP contribution in [0.1, 0.15) is 41.7 Å². The smallest absolute Gasteiger partial charge is 0.374 e. The zero-order valence-corrected chi connectivity index (χ0v) is 16.5.